The van der Waals surface area contributed by atoms with Gasteiger partial charge in [0.15, 0.2) is 5.69 Å². The molecule has 4 heterocycles. The lowest BCUT2D eigenvalue weighted by Crippen LogP contribution is -2.48. The second kappa shape index (κ2) is 7.45. The van der Waals surface area contributed by atoms with Crippen molar-refractivity contribution in [1.82, 2.24) is 25.0 Å². The van der Waals surface area contributed by atoms with Gasteiger partial charge in [-0.2, -0.15) is 5.10 Å². The molecule has 0 radical (unpaired) electrons. The minimum atomic E-state index is -1.08. The van der Waals surface area contributed by atoms with Crippen LogP contribution in [-0.4, -0.2) is 74.8 Å². The Labute approximate surface area is 155 Å². The van der Waals surface area contributed by atoms with Gasteiger partial charge in [-0.3, -0.25) is 19.8 Å². The first-order chi connectivity index (χ1) is 13.1. The monoisotopic (exact) mass is 371 g/mol. The largest absolute Gasteiger partial charge is 0.476 e. The Balaban J connectivity index is 1.61. The first-order valence-corrected chi connectivity index (χ1v) is 8.95. The number of carbonyl (C=O) groups is 2. The zero-order valence-corrected chi connectivity index (χ0v) is 14.8. The Morgan fingerprint density at radius 3 is 2.78 bits per heavy atom. The van der Waals surface area contributed by atoms with Crippen molar-refractivity contribution < 1.29 is 19.4 Å². The van der Waals surface area contributed by atoms with Gasteiger partial charge in [0.05, 0.1) is 13.2 Å². The van der Waals surface area contributed by atoms with E-state index in [1.165, 1.54) is 0 Å². The molecule has 1 unspecified atom stereocenters. The molecule has 9 nitrogen and oxygen atoms in total. The number of nitrogens with zero attached hydrogens (tertiary/aromatic N) is 4. The maximum atomic E-state index is 13.4. The number of aromatic nitrogens is 3. The van der Waals surface area contributed by atoms with Crippen LogP contribution in [0.2, 0.25) is 0 Å². The van der Waals surface area contributed by atoms with Gasteiger partial charge < -0.3 is 14.7 Å². The number of carboxylic acids is 1. The van der Waals surface area contributed by atoms with E-state index in [0.29, 0.717) is 44.8 Å². The summed E-state index contributed by atoms with van der Waals surface area (Å²) in [5.74, 6) is -1.13. The van der Waals surface area contributed by atoms with E-state index >= 15 is 0 Å². The summed E-state index contributed by atoms with van der Waals surface area (Å²) in [6.07, 6.45) is 3.96. The van der Waals surface area contributed by atoms with Gasteiger partial charge in [-0.05, 0) is 11.6 Å². The fraction of sp³-hybridized carbons (Fsp3) is 0.444. The maximum absolute atomic E-state index is 13.4. The van der Waals surface area contributed by atoms with E-state index in [-0.39, 0.29) is 18.1 Å². The fourth-order valence-corrected chi connectivity index (χ4v) is 3.72. The molecule has 0 aromatic carbocycles. The summed E-state index contributed by atoms with van der Waals surface area (Å²) in [6.45, 7) is 3.26. The van der Waals surface area contributed by atoms with E-state index < -0.39 is 12.0 Å². The van der Waals surface area contributed by atoms with Gasteiger partial charge in [0.25, 0.3) is 0 Å². The molecule has 1 atom stereocenters. The first kappa shape index (κ1) is 17.6. The number of aromatic amines is 1. The van der Waals surface area contributed by atoms with Crippen LogP contribution in [0.1, 0.15) is 33.4 Å². The molecule has 2 aliphatic heterocycles. The fourth-order valence-electron chi connectivity index (χ4n) is 3.72. The highest BCUT2D eigenvalue weighted by Gasteiger charge is 2.35. The lowest BCUT2D eigenvalue weighted by molar-refractivity contribution is -0.140. The number of H-pyrrole nitrogens is 1. The van der Waals surface area contributed by atoms with Gasteiger partial charge >= 0.3 is 5.97 Å². The van der Waals surface area contributed by atoms with Crippen LogP contribution in [0.5, 0.6) is 0 Å². The number of morpholine rings is 1. The Hall–Kier alpha value is -2.78. The summed E-state index contributed by atoms with van der Waals surface area (Å²) in [7, 11) is 0. The van der Waals surface area contributed by atoms with Crippen molar-refractivity contribution >= 4 is 11.9 Å². The van der Waals surface area contributed by atoms with Crippen molar-refractivity contribution in [2.75, 3.05) is 32.8 Å². The normalized spacial score (nSPS) is 18.7. The molecular weight excluding hydrogens is 350 g/mol. The quantitative estimate of drug-likeness (QED) is 0.803. The molecule has 1 saturated heterocycles. The minimum absolute atomic E-state index is 0.00759. The molecule has 0 aliphatic carbocycles. The number of fused-ring (bicyclic) bond motifs is 1. The van der Waals surface area contributed by atoms with Crippen LogP contribution in [0.3, 0.4) is 0 Å². The van der Waals surface area contributed by atoms with Gasteiger partial charge in [-0.15, -0.1) is 0 Å². The minimum Gasteiger partial charge on any atom is -0.476 e. The zero-order chi connectivity index (χ0) is 18.8. The topological polar surface area (TPSA) is 112 Å². The van der Waals surface area contributed by atoms with Crippen LogP contribution >= 0.6 is 0 Å². The molecule has 4 rings (SSSR count). The Morgan fingerprint density at radius 2 is 2.07 bits per heavy atom. The lowest BCUT2D eigenvalue weighted by Gasteiger charge is -2.37. The molecule has 1 amide bonds. The predicted octanol–water partition coefficient (Wildman–Crippen LogP) is 0.461. The molecule has 2 aliphatic rings. The molecule has 2 N–H and O–H groups in total. The summed E-state index contributed by atoms with van der Waals surface area (Å²) >= 11 is 0. The van der Waals surface area contributed by atoms with Gasteiger partial charge in [0, 0.05) is 56.3 Å². The molecule has 142 valence electrons. The van der Waals surface area contributed by atoms with Gasteiger partial charge in [-0.25, -0.2) is 4.79 Å². The number of ether oxygens (including phenoxy) is 1. The highest BCUT2D eigenvalue weighted by atomic mass is 16.5. The Kier molecular flexibility index (Phi) is 4.87. The van der Waals surface area contributed by atoms with E-state index in [1.807, 2.05) is 12.1 Å². The van der Waals surface area contributed by atoms with Gasteiger partial charge in [0.1, 0.15) is 6.04 Å². The predicted molar refractivity (Wildman–Crippen MR) is 94.0 cm³/mol. The number of aromatic carboxylic acids is 1. The van der Waals surface area contributed by atoms with Crippen molar-refractivity contribution in [3.8, 4) is 0 Å². The molecule has 0 bridgehead atoms. The second-order valence-corrected chi connectivity index (χ2v) is 6.68. The van der Waals surface area contributed by atoms with Crippen LogP contribution < -0.4 is 0 Å². The number of rotatable bonds is 4. The summed E-state index contributed by atoms with van der Waals surface area (Å²) < 4.78 is 5.43. The van der Waals surface area contributed by atoms with Crippen molar-refractivity contribution in [2.45, 2.75) is 19.0 Å². The van der Waals surface area contributed by atoms with E-state index in [4.69, 9.17) is 4.74 Å². The summed E-state index contributed by atoms with van der Waals surface area (Å²) in [4.78, 5) is 32.8. The van der Waals surface area contributed by atoms with Crippen LogP contribution in [-0.2, 0) is 22.5 Å². The van der Waals surface area contributed by atoms with Crippen LogP contribution in [0, 0.1) is 0 Å². The van der Waals surface area contributed by atoms with E-state index in [2.05, 4.69) is 20.1 Å². The van der Waals surface area contributed by atoms with Crippen molar-refractivity contribution in [3.05, 3.63) is 47.0 Å². The molecule has 2 aromatic heterocycles. The summed E-state index contributed by atoms with van der Waals surface area (Å²) in [5, 5.41) is 16.0. The second-order valence-electron chi connectivity index (χ2n) is 6.68. The number of carboxylic acid groups (broad SMARTS) is 1. The summed E-state index contributed by atoms with van der Waals surface area (Å²) in [6, 6.07) is 3.27. The SMILES string of the molecule is O=C(O)c1n[nH]c2c1CN(C(=O)C(c1cccnc1)N1CCOCC1)CC2. The highest BCUT2D eigenvalue weighted by molar-refractivity contribution is 5.88. The Bertz CT molecular complexity index is 832. The molecule has 2 aromatic rings. The molecule has 0 saturated carbocycles. The zero-order valence-electron chi connectivity index (χ0n) is 14.8. The lowest BCUT2D eigenvalue weighted by atomic mass is 10.0. The molecule has 1 fully saturated rings. The molecule has 0 spiro atoms. The Morgan fingerprint density at radius 1 is 1.26 bits per heavy atom. The van der Waals surface area contributed by atoms with Gasteiger partial charge in [-0.1, -0.05) is 6.07 Å². The maximum Gasteiger partial charge on any atom is 0.356 e. The molecule has 27 heavy (non-hydrogen) atoms. The van der Waals surface area contributed by atoms with E-state index in [9.17, 15) is 14.7 Å². The smallest absolute Gasteiger partial charge is 0.356 e. The number of nitrogens with one attached hydrogen (secondary N) is 1. The number of pyridine rings is 1. The van der Waals surface area contributed by atoms with Gasteiger partial charge in [0.2, 0.25) is 5.91 Å². The van der Waals surface area contributed by atoms with Crippen LogP contribution in [0.4, 0.5) is 0 Å². The summed E-state index contributed by atoms with van der Waals surface area (Å²) in [5.41, 5.74) is 2.21. The van der Waals surface area contributed by atoms with E-state index in [0.717, 1.165) is 11.3 Å². The standard InChI is InChI=1S/C18H21N5O4/c24-17(23-5-3-14-13(11-23)15(18(25)26)21-20-14)16(12-2-1-4-19-10-12)22-6-8-27-9-7-22/h1-2,4,10,16H,3,5-9,11H2,(H,20,21)(H,25,26). The average Bonchev–Trinajstić information content (AvgIpc) is 3.13. The molecular formula is C18H21N5O4. The van der Waals surface area contributed by atoms with Crippen LogP contribution in [0.25, 0.3) is 0 Å². The number of amides is 1. The van der Waals surface area contributed by atoms with Crippen molar-refractivity contribution in [1.29, 1.82) is 0 Å². The first-order valence-electron chi connectivity index (χ1n) is 8.95. The number of hydrogen-bond acceptors (Lipinski definition) is 6. The van der Waals surface area contributed by atoms with E-state index in [1.54, 1.807) is 17.3 Å². The molecule has 9 heteroatoms. The average molecular weight is 371 g/mol. The van der Waals surface area contributed by atoms with Crippen molar-refractivity contribution in [3.63, 3.8) is 0 Å². The third-order valence-corrected chi connectivity index (χ3v) is 5.09. The number of carbonyl (C=O) groups excluding carboxylic acids is 1. The number of hydrogen-bond donors (Lipinski definition) is 2. The third kappa shape index (κ3) is 3.43. The van der Waals surface area contributed by atoms with Crippen molar-refractivity contribution in [2.24, 2.45) is 0 Å². The van der Waals surface area contributed by atoms with Crippen LogP contribution in [0.15, 0.2) is 24.5 Å². The third-order valence-electron chi connectivity index (χ3n) is 5.09. The highest BCUT2D eigenvalue weighted by Crippen LogP contribution is 2.28.